The summed E-state index contributed by atoms with van der Waals surface area (Å²) in [6, 6.07) is 13.4. The Balaban J connectivity index is 1.44. The van der Waals surface area contributed by atoms with E-state index in [1.165, 1.54) is 11.3 Å². The molecule has 158 valence electrons. The molecule has 3 aromatic rings. The van der Waals surface area contributed by atoms with Crippen LogP contribution in [-0.2, 0) is 16.3 Å². The Kier molecular flexibility index (Phi) is 7.98. The van der Waals surface area contributed by atoms with Gasteiger partial charge in [-0.3, -0.25) is 10.1 Å². The van der Waals surface area contributed by atoms with Crippen molar-refractivity contribution in [1.29, 1.82) is 0 Å². The molecule has 0 bridgehead atoms. The van der Waals surface area contributed by atoms with E-state index in [0.29, 0.717) is 10.9 Å². The van der Waals surface area contributed by atoms with Gasteiger partial charge in [-0.25, -0.2) is 4.98 Å². The first-order chi connectivity index (χ1) is 14.6. The lowest BCUT2D eigenvalue weighted by molar-refractivity contribution is -0.118. The van der Waals surface area contributed by atoms with Crippen molar-refractivity contribution in [3.05, 3.63) is 64.7 Å². The molecule has 0 saturated heterocycles. The van der Waals surface area contributed by atoms with Crippen LogP contribution in [-0.4, -0.2) is 31.7 Å². The van der Waals surface area contributed by atoms with E-state index >= 15 is 0 Å². The van der Waals surface area contributed by atoms with E-state index in [9.17, 15) is 4.79 Å². The lowest BCUT2D eigenvalue weighted by Crippen LogP contribution is -2.20. The monoisotopic (exact) mass is 444 g/mol. The number of amides is 1. The Labute approximate surface area is 184 Å². The molecule has 0 atom stereocenters. The fourth-order valence-corrected chi connectivity index (χ4v) is 4.29. The number of rotatable bonds is 10. The number of hydrogen-bond acceptors (Lipinski definition) is 7. The summed E-state index contributed by atoms with van der Waals surface area (Å²) in [6.07, 6.45) is 0. The Morgan fingerprint density at radius 1 is 1.03 bits per heavy atom. The summed E-state index contributed by atoms with van der Waals surface area (Å²) in [5.74, 6) is 3.53. The van der Waals surface area contributed by atoms with Gasteiger partial charge >= 0.3 is 0 Å². The SMILES string of the molecule is COc1cc(CSCc2csc(NC(=O)COc3ccc(C)cc3)n2)cc(OC)c1. The van der Waals surface area contributed by atoms with Crippen molar-refractivity contribution < 1.29 is 19.0 Å². The van der Waals surface area contributed by atoms with E-state index in [0.717, 1.165) is 39.8 Å². The summed E-state index contributed by atoms with van der Waals surface area (Å²) in [7, 11) is 3.28. The largest absolute Gasteiger partial charge is 0.497 e. The second kappa shape index (κ2) is 10.9. The van der Waals surface area contributed by atoms with E-state index in [1.807, 2.05) is 54.8 Å². The molecule has 0 unspecified atom stereocenters. The molecule has 6 nitrogen and oxygen atoms in total. The van der Waals surface area contributed by atoms with E-state index in [1.54, 1.807) is 26.0 Å². The average Bonchev–Trinajstić information content (AvgIpc) is 3.20. The predicted octanol–water partition coefficient (Wildman–Crippen LogP) is 4.92. The van der Waals surface area contributed by atoms with Gasteiger partial charge in [0, 0.05) is 23.0 Å². The predicted molar refractivity (Wildman–Crippen MR) is 122 cm³/mol. The quantitative estimate of drug-likeness (QED) is 0.479. The lowest BCUT2D eigenvalue weighted by Gasteiger charge is -2.08. The number of hydrogen-bond donors (Lipinski definition) is 1. The van der Waals surface area contributed by atoms with Gasteiger partial charge in [-0.2, -0.15) is 11.8 Å². The zero-order chi connectivity index (χ0) is 21.3. The number of thioether (sulfide) groups is 1. The molecule has 0 fully saturated rings. The normalized spacial score (nSPS) is 10.5. The maximum atomic E-state index is 12.1. The van der Waals surface area contributed by atoms with Crippen LogP contribution in [0.25, 0.3) is 0 Å². The summed E-state index contributed by atoms with van der Waals surface area (Å²) in [4.78, 5) is 16.6. The zero-order valence-corrected chi connectivity index (χ0v) is 18.8. The summed E-state index contributed by atoms with van der Waals surface area (Å²) < 4.78 is 16.1. The maximum Gasteiger partial charge on any atom is 0.264 e. The Morgan fingerprint density at radius 2 is 1.73 bits per heavy atom. The molecule has 0 aliphatic rings. The van der Waals surface area contributed by atoms with Gasteiger partial charge in [-0.05, 0) is 36.8 Å². The standard InChI is InChI=1S/C22H24N2O4S2/c1-15-4-6-18(7-5-15)28-11-21(25)24-22-23-17(14-30-22)13-29-12-16-8-19(26-2)10-20(9-16)27-3/h4-10,14H,11-13H2,1-3H3,(H,23,24,25). The van der Waals surface area contributed by atoms with Gasteiger partial charge in [0.25, 0.3) is 5.91 Å². The third-order valence-corrected chi connectivity index (χ3v) is 5.96. The molecule has 1 amide bonds. The van der Waals surface area contributed by atoms with E-state index in [-0.39, 0.29) is 12.5 Å². The topological polar surface area (TPSA) is 69.7 Å². The molecule has 0 radical (unpaired) electrons. The Morgan fingerprint density at radius 3 is 2.40 bits per heavy atom. The van der Waals surface area contributed by atoms with Gasteiger partial charge in [-0.15, -0.1) is 11.3 Å². The van der Waals surface area contributed by atoms with Crippen LogP contribution >= 0.6 is 23.1 Å². The highest BCUT2D eigenvalue weighted by Crippen LogP contribution is 2.27. The summed E-state index contributed by atoms with van der Waals surface area (Å²) in [6.45, 7) is 1.95. The zero-order valence-electron chi connectivity index (χ0n) is 17.1. The van der Waals surface area contributed by atoms with Crippen LogP contribution in [0.15, 0.2) is 47.8 Å². The molecule has 0 saturated carbocycles. The van der Waals surface area contributed by atoms with Crippen molar-refractivity contribution in [3.8, 4) is 17.2 Å². The van der Waals surface area contributed by atoms with Crippen LogP contribution in [0.3, 0.4) is 0 Å². The second-order valence-corrected chi connectivity index (χ2v) is 8.35. The number of nitrogens with one attached hydrogen (secondary N) is 1. The number of methoxy groups -OCH3 is 2. The van der Waals surface area contributed by atoms with Crippen molar-refractivity contribution >= 4 is 34.1 Å². The molecule has 0 spiro atoms. The Bertz CT molecular complexity index is 951. The molecule has 30 heavy (non-hydrogen) atoms. The van der Waals surface area contributed by atoms with Crippen molar-refractivity contribution in [3.63, 3.8) is 0 Å². The van der Waals surface area contributed by atoms with Gasteiger partial charge in [0.1, 0.15) is 17.2 Å². The number of aryl methyl sites for hydroxylation is 1. The minimum absolute atomic E-state index is 0.0512. The molecule has 1 N–H and O–H groups in total. The van der Waals surface area contributed by atoms with Gasteiger partial charge in [0.2, 0.25) is 0 Å². The molecule has 1 heterocycles. The third-order valence-electron chi connectivity index (χ3n) is 4.12. The van der Waals surface area contributed by atoms with Gasteiger partial charge in [0.15, 0.2) is 11.7 Å². The fourth-order valence-electron chi connectivity index (χ4n) is 2.59. The number of carbonyl (C=O) groups is 1. The second-order valence-electron chi connectivity index (χ2n) is 6.51. The number of carbonyl (C=O) groups excluding carboxylic acids is 1. The highest BCUT2D eigenvalue weighted by molar-refractivity contribution is 7.97. The lowest BCUT2D eigenvalue weighted by atomic mass is 10.2. The molecule has 1 aromatic heterocycles. The molecule has 0 aliphatic heterocycles. The van der Waals surface area contributed by atoms with Crippen LogP contribution in [0.2, 0.25) is 0 Å². The van der Waals surface area contributed by atoms with Crippen LogP contribution in [0.4, 0.5) is 5.13 Å². The number of benzene rings is 2. The average molecular weight is 445 g/mol. The molecular weight excluding hydrogens is 420 g/mol. The number of aromatic nitrogens is 1. The molecule has 8 heteroatoms. The molecule has 2 aromatic carbocycles. The number of ether oxygens (including phenoxy) is 3. The molecule has 0 aliphatic carbocycles. The molecule has 3 rings (SSSR count). The van der Waals surface area contributed by atoms with Gasteiger partial charge in [0.05, 0.1) is 19.9 Å². The highest BCUT2D eigenvalue weighted by atomic mass is 32.2. The highest BCUT2D eigenvalue weighted by Gasteiger charge is 2.09. The third kappa shape index (κ3) is 6.67. The number of anilines is 1. The van der Waals surface area contributed by atoms with E-state index in [2.05, 4.69) is 10.3 Å². The van der Waals surface area contributed by atoms with Crippen molar-refractivity contribution in [1.82, 2.24) is 4.98 Å². The number of thiazole rings is 1. The summed E-state index contributed by atoms with van der Waals surface area (Å²) in [5.41, 5.74) is 3.19. The minimum atomic E-state index is -0.229. The van der Waals surface area contributed by atoms with Crippen molar-refractivity contribution in [2.75, 3.05) is 26.1 Å². The van der Waals surface area contributed by atoms with Crippen LogP contribution in [0.5, 0.6) is 17.2 Å². The smallest absolute Gasteiger partial charge is 0.264 e. The van der Waals surface area contributed by atoms with Crippen LogP contribution in [0, 0.1) is 6.92 Å². The van der Waals surface area contributed by atoms with Crippen LogP contribution < -0.4 is 19.5 Å². The van der Waals surface area contributed by atoms with Crippen molar-refractivity contribution in [2.24, 2.45) is 0 Å². The summed E-state index contributed by atoms with van der Waals surface area (Å²) >= 11 is 3.14. The number of nitrogens with zero attached hydrogens (tertiary/aromatic N) is 1. The first-order valence-corrected chi connectivity index (χ1v) is 11.3. The van der Waals surface area contributed by atoms with Gasteiger partial charge in [-0.1, -0.05) is 17.7 Å². The minimum Gasteiger partial charge on any atom is -0.497 e. The Hall–Kier alpha value is -2.71. The fraction of sp³-hybridized carbons (Fsp3) is 0.273. The summed E-state index contributed by atoms with van der Waals surface area (Å²) in [5, 5.41) is 5.31. The van der Waals surface area contributed by atoms with Gasteiger partial charge < -0.3 is 14.2 Å². The van der Waals surface area contributed by atoms with Crippen molar-refractivity contribution in [2.45, 2.75) is 18.4 Å². The molecular formula is C22H24N2O4S2. The van der Waals surface area contributed by atoms with E-state index in [4.69, 9.17) is 14.2 Å². The van der Waals surface area contributed by atoms with Crippen LogP contribution in [0.1, 0.15) is 16.8 Å². The maximum absolute atomic E-state index is 12.1. The first-order valence-electron chi connectivity index (χ1n) is 9.29. The first kappa shape index (κ1) is 22.0. The van der Waals surface area contributed by atoms with E-state index < -0.39 is 0 Å².